The van der Waals surface area contributed by atoms with Crippen LogP contribution in [0.25, 0.3) is 0 Å². The van der Waals surface area contributed by atoms with Crippen molar-refractivity contribution in [2.24, 2.45) is 0 Å². The Kier molecular flexibility index (Phi) is 13.3. The highest BCUT2D eigenvalue weighted by atomic mass is 16.6. The normalized spacial score (nSPS) is 9.47. The van der Waals surface area contributed by atoms with Gasteiger partial charge < -0.3 is 31.2 Å². The second kappa shape index (κ2) is 16.3. The number of carbonyl (C=O) groups excluding carboxylic acids is 1. The summed E-state index contributed by atoms with van der Waals surface area (Å²) in [4.78, 5) is 39.8. The number of carbonyl (C=O) groups is 1. The maximum atomic E-state index is 11.0. The molecular weight excluding hydrogens is 560 g/mol. The van der Waals surface area contributed by atoms with Crippen LogP contribution in [0, 0.1) is 20.2 Å². The van der Waals surface area contributed by atoms with Crippen LogP contribution < -0.4 is 31.2 Å². The molecule has 0 aliphatic heterocycles. The number of amides is 1. The lowest BCUT2D eigenvalue weighted by molar-refractivity contribution is -0.384. The minimum absolute atomic E-state index is 0. The molecule has 43 heavy (non-hydrogen) atoms. The van der Waals surface area contributed by atoms with E-state index >= 15 is 0 Å². The fourth-order valence-electron chi connectivity index (χ4n) is 3.36. The first-order valence-electron chi connectivity index (χ1n) is 11.8. The molecule has 4 aromatic rings. The van der Waals surface area contributed by atoms with E-state index in [1.54, 1.807) is 50.5 Å². The molecule has 0 bridgehead atoms. The summed E-state index contributed by atoms with van der Waals surface area (Å²) in [5.41, 5.74) is 6.20. The van der Waals surface area contributed by atoms with E-state index < -0.39 is 9.85 Å². The number of nitrogens with two attached hydrogens (primary N) is 1. The van der Waals surface area contributed by atoms with Gasteiger partial charge in [-0.3, -0.25) is 25.0 Å². The smallest absolute Gasteiger partial charge is 0.296 e. The summed E-state index contributed by atoms with van der Waals surface area (Å²) >= 11 is 0. The molecule has 0 saturated heterocycles. The molecule has 0 aliphatic rings. The van der Waals surface area contributed by atoms with Gasteiger partial charge in [0.1, 0.15) is 46.0 Å². The summed E-state index contributed by atoms with van der Waals surface area (Å²) in [6.07, 6.45) is 2.97. The molecule has 228 valence electrons. The second-order valence-corrected chi connectivity index (χ2v) is 8.05. The number of nitrogens with zero attached hydrogens (tertiary/aromatic N) is 4. The van der Waals surface area contributed by atoms with Gasteiger partial charge >= 0.3 is 0 Å². The number of nitrogens with one attached hydrogen (secondary N) is 3. The lowest BCUT2D eigenvalue weighted by atomic mass is 10.2. The van der Waals surface area contributed by atoms with Crippen molar-refractivity contribution >= 4 is 40.3 Å². The van der Waals surface area contributed by atoms with Gasteiger partial charge in [0.05, 0.1) is 22.0 Å². The van der Waals surface area contributed by atoms with Gasteiger partial charge in [0.15, 0.2) is 0 Å². The molecule has 0 unspecified atom stereocenters. The SMILES string of the molecule is C.C.CNc1ccc(Oc2ccnc(N)c2)cc1[N+](=O)[O-].CNc1ccc(Oc2ccnc(NC(C)=O)c2)cc1[N+](=O)[O-]. The number of benzene rings is 2. The summed E-state index contributed by atoms with van der Waals surface area (Å²) in [5, 5.41) is 30.0. The number of hydrogen-bond donors (Lipinski definition) is 4. The fourth-order valence-corrected chi connectivity index (χ4v) is 3.36. The van der Waals surface area contributed by atoms with E-state index in [0.29, 0.717) is 46.0 Å². The number of ether oxygens (including phenoxy) is 2. The predicted molar refractivity (Wildman–Crippen MR) is 166 cm³/mol. The third-order valence-corrected chi connectivity index (χ3v) is 5.13. The first kappa shape index (κ1) is 35.0. The van der Waals surface area contributed by atoms with Crippen LogP contribution in [0.15, 0.2) is 73.1 Å². The molecule has 0 saturated carbocycles. The summed E-state index contributed by atoms with van der Waals surface area (Å²) in [6.45, 7) is 1.37. The Morgan fingerprint density at radius 2 is 1.19 bits per heavy atom. The average molecular weight is 595 g/mol. The molecule has 15 heteroatoms. The zero-order valence-corrected chi connectivity index (χ0v) is 22.2. The van der Waals surface area contributed by atoms with Crippen LogP contribution in [0.4, 0.5) is 34.4 Å². The molecule has 2 aromatic heterocycles. The Bertz CT molecular complexity index is 1570. The monoisotopic (exact) mass is 594 g/mol. The maximum absolute atomic E-state index is 11.0. The van der Waals surface area contributed by atoms with Gasteiger partial charge in [-0.05, 0) is 36.4 Å². The lowest BCUT2D eigenvalue weighted by Gasteiger charge is -2.09. The van der Waals surface area contributed by atoms with Crippen LogP contribution in [-0.2, 0) is 4.79 Å². The quantitative estimate of drug-likeness (QED) is 0.121. The Morgan fingerprint density at radius 3 is 1.60 bits per heavy atom. The van der Waals surface area contributed by atoms with Crippen molar-refractivity contribution in [3.63, 3.8) is 0 Å². The Balaban J connectivity index is 0.000000415. The summed E-state index contributed by atoms with van der Waals surface area (Å²) in [5.74, 6) is 1.95. The highest BCUT2D eigenvalue weighted by Crippen LogP contribution is 2.32. The highest BCUT2D eigenvalue weighted by molar-refractivity contribution is 5.87. The van der Waals surface area contributed by atoms with E-state index in [0.717, 1.165) is 0 Å². The zero-order chi connectivity index (χ0) is 29.9. The van der Waals surface area contributed by atoms with Gasteiger partial charge in [-0.15, -0.1) is 0 Å². The zero-order valence-electron chi connectivity index (χ0n) is 22.2. The number of rotatable bonds is 9. The van der Waals surface area contributed by atoms with Crippen LogP contribution in [0.1, 0.15) is 21.8 Å². The van der Waals surface area contributed by atoms with Gasteiger partial charge in [0.2, 0.25) is 5.91 Å². The van der Waals surface area contributed by atoms with Crippen molar-refractivity contribution in [3.8, 4) is 23.0 Å². The number of hydrogen-bond acceptors (Lipinski definition) is 12. The number of anilines is 4. The van der Waals surface area contributed by atoms with Gasteiger partial charge in [-0.1, -0.05) is 14.9 Å². The Labute approximate surface area is 248 Å². The Hall–Kier alpha value is -5.99. The predicted octanol–water partition coefficient (Wildman–Crippen LogP) is 6.46. The van der Waals surface area contributed by atoms with Crippen molar-refractivity contribution in [1.82, 2.24) is 9.97 Å². The van der Waals surface area contributed by atoms with Crippen molar-refractivity contribution in [1.29, 1.82) is 0 Å². The van der Waals surface area contributed by atoms with Crippen LogP contribution in [0.2, 0.25) is 0 Å². The third kappa shape index (κ3) is 10.2. The standard InChI is InChI=1S/C14H14N4O4.C12H12N4O3.2CH4/c1-9(19)17-14-8-11(5-6-16-14)22-10-3-4-12(15-2)13(7-10)18(20)21;1-14-10-3-2-8(6-11(10)16(17)18)19-9-4-5-15-12(13)7-9;;/h3-8,15H,1-2H3,(H,16,17,19);2-7,14H,1H3,(H2,13,15);2*1H4. The van der Waals surface area contributed by atoms with E-state index in [2.05, 4.69) is 25.9 Å². The number of aromatic nitrogens is 2. The number of pyridine rings is 2. The lowest BCUT2D eigenvalue weighted by Crippen LogP contribution is -2.07. The molecule has 0 atom stereocenters. The molecule has 1 amide bonds. The minimum Gasteiger partial charge on any atom is -0.457 e. The fraction of sp³-hybridized carbons (Fsp3) is 0.179. The first-order valence-corrected chi connectivity index (χ1v) is 11.8. The van der Waals surface area contributed by atoms with Crippen LogP contribution >= 0.6 is 0 Å². The van der Waals surface area contributed by atoms with E-state index in [1.807, 2.05) is 0 Å². The molecule has 5 N–H and O–H groups in total. The third-order valence-electron chi connectivity index (χ3n) is 5.13. The molecule has 0 aliphatic carbocycles. The molecule has 0 spiro atoms. The molecule has 2 heterocycles. The summed E-state index contributed by atoms with van der Waals surface area (Å²) in [7, 11) is 3.22. The van der Waals surface area contributed by atoms with Crippen LogP contribution in [-0.4, -0.2) is 39.8 Å². The average Bonchev–Trinajstić information content (AvgIpc) is 2.93. The largest absolute Gasteiger partial charge is 0.457 e. The van der Waals surface area contributed by atoms with E-state index in [1.165, 1.54) is 43.6 Å². The topological polar surface area (TPSA) is 210 Å². The second-order valence-electron chi connectivity index (χ2n) is 8.05. The molecular formula is C28H34N8O7. The van der Waals surface area contributed by atoms with Crippen LogP contribution in [0.3, 0.4) is 0 Å². The van der Waals surface area contributed by atoms with Crippen molar-refractivity contribution in [3.05, 3.63) is 93.3 Å². The molecule has 15 nitrogen and oxygen atoms in total. The highest BCUT2D eigenvalue weighted by Gasteiger charge is 2.15. The minimum atomic E-state index is -0.492. The summed E-state index contributed by atoms with van der Waals surface area (Å²) < 4.78 is 11.1. The molecule has 0 radical (unpaired) electrons. The number of nitro groups is 2. The van der Waals surface area contributed by atoms with Crippen molar-refractivity contribution in [2.45, 2.75) is 21.8 Å². The van der Waals surface area contributed by atoms with Gasteiger partial charge in [0, 0.05) is 45.5 Å². The van der Waals surface area contributed by atoms with Gasteiger partial charge in [0.25, 0.3) is 11.4 Å². The summed E-state index contributed by atoms with van der Waals surface area (Å²) in [6, 6.07) is 15.3. The number of nitro benzene ring substituents is 2. The maximum Gasteiger partial charge on any atom is 0.296 e. The Morgan fingerprint density at radius 1 is 0.744 bits per heavy atom. The van der Waals surface area contributed by atoms with E-state index in [9.17, 15) is 25.0 Å². The number of nitrogen functional groups attached to an aromatic ring is 1. The van der Waals surface area contributed by atoms with E-state index in [4.69, 9.17) is 15.2 Å². The molecule has 2 aromatic carbocycles. The molecule has 4 rings (SSSR count). The van der Waals surface area contributed by atoms with Crippen molar-refractivity contribution < 1.29 is 24.1 Å². The van der Waals surface area contributed by atoms with E-state index in [-0.39, 0.29) is 32.1 Å². The van der Waals surface area contributed by atoms with Crippen LogP contribution in [0.5, 0.6) is 23.0 Å². The van der Waals surface area contributed by atoms with Gasteiger partial charge in [-0.25, -0.2) is 9.97 Å². The van der Waals surface area contributed by atoms with Gasteiger partial charge in [-0.2, -0.15) is 0 Å². The molecule has 0 fully saturated rings. The van der Waals surface area contributed by atoms with Crippen molar-refractivity contribution in [2.75, 3.05) is 35.8 Å². The first-order chi connectivity index (χ1) is 19.6.